The molecule has 21 heavy (non-hydrogen) atoms. The van der Waals surface area contributed by atoms with Crippen LogP contribution in [0.4, 0.5) is 5.69 Å². The Kier molecular flexibility index (Phi) is 5.55. The number of aliphatic hydroxyl groups is 2. The molecule has 1 atom stereocenters. The molecular weight excluding hydrogens is 346 g/mol. The van der Waals surface area contributed by atoms with Gasteiger partial charge in [-0.25, -0.2) is 27.1 Å². The zero-order chi connectivity index (χ0) is 16.4. The fourth-order valence-corrected chi connectivity index (χ4v) is 3.31. The summed E-state index contributed by atoms with van der Waals surface area (Å²) in [7, 11) is -8.51. The number of hydrogen-bond acceptors (Lipinski definition) is 7. The third-order valence-electron chi connectivity index (χ3n) is 2.39. The number of benzene rings is 1. The molecule has 0 aliphatic rings. The fourth-order valence-electron chi connectivity index (χ4n) is 1.42. The van der Waals surface area contributed by atoms with Crippen molar-refractivity contribution in [2.45, 2.75) is 15.9 Å². The lowest BCUT2D eigenvalue weighted by Crippen LogP contribution is -2.25. The van der Waals surface area contributed by atoms with Gasteiger partial charge in [-0.1, -0.05) is 11.6 Å². The van der Waals surface area contributed by atoms with Crippen LogP contribution in [0.2, 0.25) is 5.02 Å². The molecule has 0 heterocycles. The highest BCUT2D eigenvalue weighted by Gasteiger charge is 2.22. The first-order valence-electron chi connectivity index (χ1n) is 5.38. The third-order valence-corrected chi connectivity index (χ3v) is 4.71. The summed E-state index contributed by atoms with van der Waals surface area (Å²) < 4.78 is 45.7. The Labute approximate surface area is 126 Å². The molecule has 0 aliphatic carbocycles. The summed E-state index contributed by atoms with van der Waals surface area (Å²) in [4.78, 5) is -1.15. The Bertz CT molecular complexity index is 734. The van der Waals surface area contributed by atoms with Gasteiger partial charge in [-0.3, -0.25) is 0 Å². The molecule has 0 radical (unpaired) electrons. The number of nitrogens with one attached hydrogen (secondary N) is 1. The van der Waals surface area contributed by atoms with Crippen molar-refractivity contribution in [2.24, 2.45) is 10.3 Å². The molecular formula is C9H14ClN3O6S2. The molecule has 0 amide bonds. The topological polar surface area (TPSA) is 173 Å². The molecule has 0 aliphatic heterocycles. The molecule has 0 bridgehead atoms. The van der Waals surface area contributed by atoms with Gasteiger partial charge in [0.1, 0.15) is 9.79 Å². The predicted octanol–water partition coefficient (Wildman–Crippen LogP) is -1.60. The maximum atomic E-state index is 11.5. The van der Waals surface area contributed by atoms with E-state index in [1.54, 1.807) is 0 Å². The highest BCUT2D eigenvalue weighted by atomic mass is 35.5. The lowest BCUT2D eigenvalue weighted by atomic mass is 10.3. The van der Waals surface area contributed by atoms with Crippen molar-refractivity contribution in [3.8, 4) is 0 Å². The van der Waals surface area contributed by atoms with Crippen LogP contribution in [0.25, 0.3) is 0 Å². The number of nitrogens with two attached hydrogens (primary N) is 2. The number of primary sulfonamides is 2. The van der Waals surface area contributed by atoms with Crippen LogP contribution in [-0.4, -0.2) is 46.3 Å². The van der Waals surface area contributed by atoms with Crippen LogP contribution in [0, 0.1) is 0 Å². The largest absolute Gasteiger partial charge is 0.394 e. The number of aliphatic hydroxyl groups excluding tert-OH is 2. The number of anilines is 1. The van der Waals surface area contributed by atoms with Crippen molar-refractivity contribution in [3.05, 3.63) is 17.2 Å². The Morgan fingerprint density at radius 3 is 2.10 bits per heavy atom. The predicted molar refractivity (Wildman–Crippen MR) is 75.8 cm³/mol. The summed E-state index contributed by atoms with van der Waals surface area (Å²) >= 11 is 5.74. The third kappa shape index (κ3) is 4.78. The summed E-state index contributed by atoms with van der Waals surface area (Å²) in [6, 6.07) is 1.73. The van der Waals surface area contributed by atoms with Gasteiger partial charge in [0.25, 0.3) is 0 Å². The van der Waals surface area contributed by atoms with Crippen LogP contribution in [-0.2, 0) is 20.0 Å². The maximum absolute atomic E-state index is 11.5. The molecule has 9 nitrogen and oxygen atoms in total. The zero-order valence-corrected chi connectivity index (χ0v) is 12.9. The summed E-state index contributed by atoms with van der Waals surface area (Å²) in [6.07, 6.45) is -1.16. The smallest absolute Gasteiger partial charge is 0.240 e. The van der Waals surface area contributed by atoms with Crippen LogP contribution in [0.5, 0.6) is 0 Å². The van der Waals surface area contributed by atoms with Gasteiger partial charge >= 0.3 is 0 Å². The van der Waals surface area contributed by atoms with E-state index in [4.69, 9.17) is 27.0 Å². The van der Waals surface area contributed by atoms with Crippen molar-refractivity contribution >= 4 is 37.3 Å². The van der Waals surface area contributed by atoms with E-state index in [0.717, 1.165) is 12.1 Å². The highest BCUT2D eigenvalue weighted by Crippen LogP contribution is 2.30. The molecule has 0 spiro atoms. The summed E-state index contributed by atoms with van der Waals surface area (Å²) in [5.74, 6) is 0. The molecule has 1 aromatic rings. The van der Waals surface area contributed by atoms with E-state index < -0.39 is 42.5 Å². The van der Waals surface area contributed by atoms with Gasteiger partial charge in [-0.2, -0.15) is 0 Å². The molecule has 1 rings (SSSR count). The fraction of sp³-hybridized carbons (Fsp3) is 0.333. The van der Waals surface area contributed by atoms with Gasteiger partial charge in [-0.15, -0.1) is 0 Å². The molecule has 0 saturated carbocycles. The Morgan fingerprint density at radius 2 is 1.67 bits per heavy atom. The first-order chi connectivity index (χ1) is 9.46. The molecule has 0 aromatic heterocycles. The van der Waals surface area contributed by atoms with Crippen LogP contribution >= 0.6 is 11.6 Å². The first kappa shape index (κ1) is 18.1. The standard InChI is InChI=1S/C9H14ClN3O6S2/c10-6-1-7(13-3-5(15)4-14)9(21(12,18)19)2-8(6)20(11,16)17/h1-2,5,13-15H,3-4H2,(H2,11,16,17)(H2,12,18,19). The van der Waals surface area contributed by atoms with E-state index in [1.807, 2.05) is 0 Å². The van der Waals surface area contributed by atoms with E-state index in [9.17, 15) is 21.9 Å². The second kappa shape index (κ2) is 6.44. The SMILES string of the molecule is NS(=O)(=O)c1cc(S(N)(=O)=O)c(NCC(O)CO)cc1Cl. The number of rotatable bonds is 6. The highest BCUT2D eigenvalue weighted by molar-refractivity contribution is 7.90. The molecule has 0 saturated heterocycles. The minimum Gasteiger partial charge on any atom is -0.394 e. The average molecular weight is 360 g/mol. The summed E-state index contributed by atoms with van der Waals surface area (Å²) in [6.45, 7) is -0.759. The lowest BCUT2D eigenvalue weighted by Gasteiger charge is -2.15. The van der Waals surface area contributed by atoms with E-state index in [2.05, 4.69) is 5.32 Å². The van der Waals surface area contributed by atoms with E-state index in [-0.39, 0.29) is 17.3 Å². The summed E-state index contributed by atoms with van der Waals surface area (Å²) in [5.41, 5.74) is -0.123. The molecule has 1 unspecified atom stereocenters. The van der Waals surface area contributed by atoms with E-state index in [0.29, 0.717) is 0 Å². The number of sulfonamides is 2. The molecule has 12 heteroatoms. The van der Waals surface area contributed by atoms with Crippen LogP contribution < -0.4 is 15.6 Å². The molecule has 7 N–H and O–H groups in total. The minimum absolute atomic E-state index is 0.123. The molecule has 120 valence electrons. The van der Waals surface area contributed by atoms with E-state index in [1.165, 1.54) is 0 Å². The normalized spacial score (nSPS) is 14.0. The van der Waals surface area contributed by atoms with Gasteiger partial charge in [0.2, 0.25) is 20.0 Å². The summed E-state index contributed by atoms with van der Waals surface area (Å²) in [5, 5.41) is 30.0. The van der Waals surface area contributed by atoms with Gasteiger partial charge < -0.3 is 15.5 Å². The molecule has 1 aromatic carbocycles. The second-order valence-electron chi connectivity index (χ2n) is 4.09. The van der Waals surface area contributed by atoms with Gasteiger partial charge in [0, 0.05) is 6.54 Å². The Hall–Kier alpha value is -0.950. The quantitative estimate of drug-likeness (QED) is 0.406. The van der Waals surface area contributed by atoms with Crippen molar-refractivity contribution in [2.75, 3.05) is 18.5 Å². The zero-order valence-electron chi connectivity index (χ0n) is 10.5. The van der Waals surface area contributed by atoms with Crippen LogP contribution in [0.3, 0.4) is 0 Å². The second-order valence-corrected chi connectivity index (χ2v) is 7.55. The Balaban J connectivity index is 3.41. The average Bonchev–Trinajstić information content (AvgIpc) is 2.32. The van der Waals surface area contributed by atoms with Crippen LogP contribution in [0.1, 0.15) is 0 Å². The number of halogens is 1. The number of hydrogen-bond donors (Lipinski definition) is 5. The Morgan fingerprint density at radius 1 is 1.14 bits per heavy atom. The monoisotopic (exact) mass is 359 g/mol. The molecule has 0 fully saturated rings. The first-order valence-corrected chi connectivity index (χ1v) is 8.86. The van der Waals surface area contributed by atoms with Crippen molar-refractivity contribution in [1.82, 2.24) is 0 Å². The minimum atomic E-state index is -4.27. The van der Waals surface area contributed by atoms with Gasteiger partial charge in [-0.05, 0) is 12.1 Å². The van der Waals surface area contributed by atoms with Crippen molar-refractivity contribution in [3.63, 3.8) is 0 Å². The van der Waals surface area contributed by atoms with Crippen LogP contribution in [0.15, 0.2) is 21.9 Å². The lowest BCUT2D eigenvalue weighted by molar-refractivity contribution is 0.105. The van der Waals surface area contributed by atoms with E-state index >= 15 is 0 Å². The van der Waals surface area contributed by atoms with Crippen molar-refractivity contribution < 1.29 is 27.0 Å². The van der Waals surface area contributed by atoms with Gasteiger partial charge in [0.15, 0.2) is 0 Å². The van der Waals surface area contributed by atoms with Crippen molar-refractivity contribution in [1.29, 1.82) is 0 Å². The maximum Gasteiger partial charge on any atom is 0.240 e. The van der Waals surface area contributed by atoms with Gasteiger partial charge in [0.05, 0.1) is 23.4 Å².